The van der Waals surface area contributed by atoms with E-state index in [-0.39, 0.29) is 0 Å². The van der Waals surface area contributed by atoms with Gasteiger partial charge in [-0.05, 0) is 66.4 Å². The van der Waals surface area contributed by atoms with Gasteiger partial charge in [0.1, 0.15) is 0 Å². The molecule has 1 heterocycles. The SMILES string of the molecule is CCNC1CCN(c2cc(Cl)c(C)cc2Br)C(C)C1C. The zero-order chi connectivity index (χ0) is 14.9. The van der Waals surface area contributed by atoms with Crippen molar-refractivity contribution in [2.75, 3.05) is 18.0 Å². The fourth-order valence-electron chi connectivity index (χ4n) is 3.11. The average molecular weight is 360 g/mol. The molecule has 1 fully saturated rings. The van der Waals surface area contributed by atoms with E-state index in [0.29, 0.717) is 18.0 Å². The summed E-state index contributed by atoms with van der Waals surface area (Å²) in [6.45, 7) is 11.0. The maximum absolute atomic E-state index is 6.31. The minimum absolute atomic E-state index is 0.503. The Labute approximate surface area is 136 Å². The van der Waals surface area contributed by atoms with Gasteiger partial charge in [0, 0.05) is 28.1 Å². The van der Waals surface area contributed by atoms with Crippen molar-refractivity contribution in [1.29, 1.82) is 0 Å². The van der Waals surface area contributed by atoms with Crippen molar-refractivity contribution in [1.82, 2.24) is 5.32 Å². The lowest BCUT2D eigenvalue weighted by molar-refractivity contribution is 0.274. The summed E-state index contributed by atoms with van der Waals surface area (Å²) in [5.74, 6) is 0.621. The molecule has 0 spiro atoms. The summed E-state index contributed by atoms with van der Waals surface area (Å²) in [6, 6.07) is 5.33. The molecule has 20 heavy (non-hydrogen) atoms. The van der Waals surface area contributed by atoms with E-state index in [1.807, 2.05) is 6.92 Å². The summed E-state index contributed by atoms with van der Waals surface area (Å²) in [4.78, 5) is 2.48. The molecule has 0 bridgehead atoms. The third-order valence-corrected chi connectivity index (χ3v) is 5.61. The Morgan fingerprint density at radius 1 is 1.40 bits per heavy atom. The van der Waals surface area contributed by atoms with Gasteiger partial charge < -0.3 is 10.2 Å². The highest BCUT2D eigenvalue weighted by atomic mass is 79.9. The molecule has 0 radical (unpaired) electrons. The van der Waals surface area contributed by atoms with Crippen LogP contribution < -0.4 is 10.2 Å². The van der Waals surface area contributed by atoms with E-state index in [0.717, 1.165) is 28.1 Å². The summed E-state index contributed by atoms with van der Waals surface area (Å²) < 4.78 is 1.14. The molecular weight excluding hydrogens is 336 g/mol. The molecular formula is C16H24BrClN2. The van der Waals surface area contributed by atoms with Crippen molar-refractivity contribution < 1.29 is 0 Å². The number of piperidine rings is 1. The molecule has 0 aliphatic carbocycles. The molecule has 1 saturated heterocycles. The second-order valence-corrected chi connectivity index (χ2v) is 7.06. The number of hydrogen-bond donors (Lipinski definition) is 1. The fraction of sp³-hybridized carbons (Fsp3) is 0.625. The Morgan fingerprint density at radius 2 is 2.10 bits per heavy atom. The monoisotopic (exact) mass is 358 g/mol. The Morgan fingerprint density at radius 3 is 2.75 bits per heavy atom. The summed E-state index contributed by atoms with van der Waals surface area (Å²) >= 11 is 10.0. The van der Waals surface area contributed by atoms with Crippen molar-refractivity contribution in [2.45, 2.75) is 46.2 Å². The first-order chi connectivity index (χ1) is 9.45. The van der Waals surface area contributed by atoms with Gasteiger partial charge >= 0.3 is 0 Å². The average Bonchev–Trinajstić information content (AvgIpc) is 2.40. The zero-order valence-electron chi connectivity index (χ0n) is 12.7. The van der Waals surface area contributed by atoms with Gasteiger partial charge in [-0.25, -0.2) is 0 Å². The van der Waals surface area contributed by atoms with Crippen molar-refractivity contribution >= 4 is 33.2 Å². The van der Waals surface area contributed by atoms with E-state index in [1.165, 1.54) is 12.1 Å². The lowest BCUT2D eigenvalue weighted by Crippen LogP contribution is -2.53. The Kier molecular flexibility index (Phi) is 5.38. The minimum Gasteiger partial charge on any atom is -0.367 e. The highest BCUT2D eigenvalue weighted by Gasteiger charge is 2.32. The van der Waals surface area contributed by atoms with E-state index in [2.05, 4.69) is 59.1 Å². The number of hydrogen-bond acceptors (Lipinski definition) is 2. The van der Waals surface area contributed by atoms with Crippen molar-refractivity contribution in [3.8, 4) is 0 Å². The number of benzene rings is 1. The highest BCUT2D eigenvalue weighted by molar-refractivity contribution is 9.10. The number of nitrogens with one attached hydrogen (secondary N) is 1. The molecule has 112 valence electrons. The Hall–Kier alpha value is -0.250. The van der Waals surface area contributed by atoms with Gasteiger partial charge in [-0.2, -0.15) is 0 Å². The molecule has 4 heteroatoms. The van der Waals surface area contributed by atoms with Crippen LogP contribution in [0.2, 0.25) is 5.02 Å². The second-order valence-electron chi connectivity index (χ2n) is 5.80. The molecule has 3 unspecified atom stereocenters. The topological polar surface area (TPSA) is 15.3 Å². The van der Waals surface area contributed by atoms with Crippen LogP contribution in [0.15, 0.2) is 16.6 Å². The molecule has 1 aliphatic heterocycles. The quantitative estimate of drug-likeness (QED) is 0.847. The first-order valence-electron chi connectivity index (χ1n) is 7.41. The van der Waals surface area contributed by atoms with Gasteiger partial charge in [0.2, 0.25) is 0 Å². The second kappa shape index (κ2) is 6.67. The van der Waals surface area contributed by atoms with Crippen LogP contribution in [0.3, 0.4) is 0 Å². The van der Waals surface area contributed by atoms with Crippen molar-refractivity contribution in [2.24, 2.45) is 5.92 Å². The Balaban J connectivity index is 2.24. The van der Waals surface area contributed by atoms with E-state index < -0.39 is 0 Å². The van der Waals surface area contributed by atoms with Gasteiger partial charge in [0.05, 0.1) is 5.69 Å². The van der Waals surface area contributed by atoms with Crippen LogP contribution in [0.1, 0.15) is 32.8 Å². The molecule has 1 aliphatic rings. The van der Waals surface area contributed by atoms with E-state index in [4.69, 9.17) is 11.6 Å². The van der Waals surface area contributed by atoms with Crippen molar-refractivity contribution in [3.63, 3.8) is 0 Å². The molecule has 1 aromatic carbocycles. The van der Waals surface area contributed by atoms with Crippen LogP contribution in [-0.4, -0.2) is 25.2 Å². The van der Waals surface area contributed by atoms with Crippen LogP contribution >= 0.6 is 27.5 Å². The maximum atomic E-state index is 6.31. The van der Waals surface area contributed by atoms with Crippen molar-refractivity contribution in [3.05, 3.63) is 27.2 Å². The van der Waals surface area contributed by atoms with Crippen LogP contribution in [0.5, 0.6) is 0 Å². The van der Waals surface area contributed by atoms with Gasteiger partial charge in [-0.1, -0.05) is 25.4 Å². The summed E-state index contributed by atoms with van der Waals surface area (Å²) in [7, 11) is 0. The highest BCUT2D eigenvalue weighted by Crippen LogP contribution is 2.36. The Bertz CT molecular complexity index is 478. The van der Waals surface area contributed by atoms with E-state index in [1.54, 1.807) is 0 Å². The fourth-order valence-corrected chi connectivity index (χ4v) is 3.95. The van der Waals surface area contributed by atoms with Gasteiger partial charge in [0.25, 0.3) is 0 Å². The number of rotatable bonds is 3. The number of anilines is 1. The van der Waals surface area contributed by atoms with Gasteiger partial charge in [0.15, 0.2) is 0 Å². The number of nitrogens with zero attached hydrogens (tertiary/aromatic N) is 1. The smallest absolute Gasteiger partial charge is 0.0528 e. The molecule has 1 aromatic rings. The summed E-state index contributed by atoms with van der Waals surface area (Å²) in [6.07, 6.45) is 1.18. The molecule has 2 nitrogen and oxygen atoms in total. The normalized spacial score (nSPS) is 26.9. The molecule has 1 N–H and O–H groups in total. The first kappa shape index (κ1) is 16.1. The zero-order valence-corrected chi connectivity index (χ0v) is 15.1. The first-order valence-corrected chi connectivity index (χ1v) is 8.58. The molecule has 0 aromatic heterocycles. The number of halogens is 2. The van der Waals surface area contributed by atoms with Crippen LogP contribution in [-0.2, 0) is 0 Å². The maximum Gasteiger partial charge on any atom is 0.0528 e. The summed E-state index contributed by atoms with van der Waals surface area (Å²) in [5, 5.41) is 4.45. The standard InChI is InChI=1S/C16H24BrClN2/c1-5-19-15-6-7-20(12(4)11(15)3)16-9-14(18)10(2)8-13(16)17/h8-9,11-12,15,19H,5-7H2,1-4H3. The minimum atomic E-state index is 0.503. The number of aryl methyl sites for hydroxylation is 1. The lowest BCUT2D eigenvalue weighted by atomic mass is 9.86. The third-order valence-electron chi connectivity index (χ3n) is 4.57. The predicted octanol–water partition coefficient (Wildman–Crippen LogP) is 4.62. The molecule has 0 amide bonds. The molecule has 3 atom stereocenters. The van der Waals surface area contributed by atoms with Gasteiger partial charge in [-0.15, -0.1) is 0 Å². The lowest BCUT2D eigenvalue weighted by Gasteiger charge is -2.44. The predicted molar refractivity (Wildman–Crippen MR) is 91.9 cm³/mol. The van der Waals surface area contributed by atoms with Gasteiger partial charge in [-0.3, -0.25) is 0 Å². The molecule has 0 saturated carbocycles. The van der Waals surface area contributed by atoms with Crippen LogP contribution in [0.4, 0.5) is 5.69 Å². The van der Waals surface area contributed by atoms with E-state index in [9.17, 15) is 0 Å². The van der Waals surface area contributed by atoms with E-state index >= 15 is 0 Å². The van der Waals surface area contributed by atoms with Crippen LogP contribution in [0, 0.1) is 12.8 Å². The van der Waals surface area contributed by atoms with Crippen LogP contribution in [0.25, 0.3) is 0 Å². The molecule has 2 rings (SSSR count). The largest absolute Gasteiger partial charge is 0.367 e. The third kappa shape index (κ3) is 3.15. The summed E-state index contributed by atoms with van der Waals surface area (Å²) in [5.41, 5.74) is 2.33.